The van der Waals surface area contributed by atoms with Crippen LogP contribution >= 0.6 is 0 Å². The van der Waals surface area contributed by atoms with Crippen LogP contribution in [0.5, 0.6) is 5.75 Å². The number of ether oxygens (including phenoxy) is 1. The van der Waals surface area contributed by atoms with Crippen LogP contribution in [0.1, 0.15) is 0 Å². The molecular formula is C19H18N4O2. The monoisotopic (exact) mass is 334 g/mol. The molecule has 6 heteroatoms. The Balaban J connectivity index is 1.52. The van der Waals surface area contributed by atoms with Crippen LogP contribution in [-0.2, 0) is 0 Å². The normalized spacial score (nSPS) is 13.1. The van der Waals surface area contributed by atoms with E-state index in [4.69, 9.17) is 4.74 Å². The van der Waals surface area contributed by atoms with Crippen molar-refractivity contribution in [2.24, 2.45) is 0 Å². The highest BCUT2D eigenvalue weighted by atomic mass is 16.5. The molecule has 6 nitrogen and oxygen atoms in total. The molecule has 0 radical (unpaired) electrons. The summed E-state index contributed by atoms with van der Waals surface area (Å²) in [5, 5.41) is 6.63. The summed E-state index contributed by atoms with van der Waals surface area (Å²) in [5.74, 6) is 0.779. The van der Waals surface area contributed by atoms with Crippen molar-refractivity contribution in [1.82, 2.24) is 4.98 Å². The second-order valence-corrected chi connectivity index (χ2v) is 5.91. The Hall–Kier alpha value is -3.28. The van der Waals surface area contributed by atoms with E-state index in [0.29, 0.717) is 12.3 Å². The number of fused-ring (bicyclic) bond motifs is 2. The lowest BCUT2D eigenvalue weighted by molar-refractivity contribution is 0.262. The lowest BCUT2D eigenvalue weighted by atomic mass is 10.2. The molecule has 1 aliphatic heterocycles. The molecule has 0 atom stereocenters. The van der Waals surface area contributed by atoms with Crippen LogP contribution < -0.4 is 20.3 Å². The highest BCUT2D eigenvalue weighted by molar-refractivity contribution is 6.05. The van der Waals surface area contributed by atoms with Crippen LogP contribution in [0.2, 0.25) is 0 Å². The van der Waals surface area contributed by atoms with Crippen LogP contribution in [0, 0.1) is 0 Å². The van der Waals surface area contributed by atoms with Gasteiger partial charge in [0.05, 0.1) is 23.4 Å². The van der Waals surface area contributed by atoms with Gasteiger partial charge in [-0.15, -0.1) is 0 Å². The first-order chi connectivity index (χ1) is 12.2. The Kier molecular flexibility index (Phi) is 3.85. The minimum Gasteiger partial charge on any atom is -0.489 e. The zero-order valence-electron chi connectivity index (χ0n) is 13.8. The molecule has 3 aromatic rings. The number of likely N-dealkylation sites (N-methyl/N-ethyl adjacent to an activating group) is 1. The van der Waals surface area contributed by atoms with E-state index in [9.17, 15) is 4.79 Å². The average Bonchev–Trinajstić information content (AvgIpc) is 2.62. The maximum absolute atomic E-state index is 12.4. The summed E-state index contributed by atoms with van der Waals surface area (Å²) >= 11 is 0. The van der Waals surface area contributed by atoms with Crippen molar-refractivity contribution in [3.63, 3.8) is 0 Å². The van der Waals surface area contributed by atoms with E-state index in [0.717, 1.165) is 34.6 Å². The van der Waals surface area contributed by atoms with Gasteiger partial charge < -0.3 is 20.3 Å². The number of pyridine rings is 1. The topological polar surface area (TPSA) is 66.5 Å². The van der Waals surface area contributed by atoms with Crippen molar-refractivity contribution >= 4 is 34.0 Å². The van der Waals surface area contributed by atoms with Gasteiger partial charge in [0.25, 0.3) is 0 Å². The Morgan fingerprint density at radius 1 is 1.16 bits per heavy atom. The van der Waals surface area contributed by atoms with Crippen molar-refractivity contribution < 1.29 is 9.53 Å². The van der Waals surface area contributed by atoms with E-state index < -0.39 is 0 Å². The first-order valence-electron chi connectivity index (χ1n) is 8.10. The lowest BCUT2D eigenvalue weighted by Crippen LogP contribution is -2.28. The SMILES string of the molecule is CN1CCOc2cc(NC(=O)Nc3ccnc4ccccc34)ccc21. The van der Waals surface area contributed by atoms with E-state index in [2.05, 4.69) is 20.5 Å². The van der Waals surface area contributed by atoms with Crippen molar-refractivity contribution in [2.45, 2.75) is 0 Å². The number of hydrogen-bond donors (Lipinski definition) is 2. The summed E-state index contributed by atoms with van der Waals surface area (Å²) < 4.78 is 5.67. The standard InChI is InChI=1S/C19H18N4O2/c1-23-10-11-25-18-12-13(6-7-17(18)23)21-19(24)22-16-8-9-20-15-5-3-2-4-14(15)16/h2-9,12H,10-11H2,1H3,(H2,20,21,22,24). The average molecular weight is 334 g/mol. The molecule has 2 N–H and O–H groups in total. The minimum atomic E-state index is -0.305. The second kappa shape index (κ2) is 6.32. The van der Waals surface area contributed by atoms with Gasteiger partial charge in [-0.05, 0) is 24.3 Å². The molecule has 2 aromatic carbocycles. The molecule has 25 heavy (non-hydrogen) atoms. The summed E-state index contributed by atoms with van der Waals surface area (Å²) in [6, 6.07) is 14.8. The Morgan fingerprint density at radius 3 is 2.96 bits per heavy atom. The number of urea groups is 1. The molecule has 126 valence electrons. The summed E-state index contributed by atoms with van der Waals surface area (Å²) in [6.07, 6.45) is 1.68. The third-order valence-electron chi connectivity index (χ3n) is 4.21. The Morgan fingerprint density at radius 2 is 2.04 bits per heavy atom. The Labute approximate surface area is 145 Å². The van der Waals surface area contributed by atoms with E-state index in [1.54, 1.807) is 12.3 Å². The molecule has 2 amide bonds. The largest absolute Gasteiger partial charge is 0.489 e. The molecule has 0 unspecified atom stereocenters. The molecule has 1 aliphatic rings. The quantitative estimate of drug-likeness (QED) is 0.750. The maximum Gasteiger partial charge on any atom is 0.323 e. The molecule has 0 bridgehead atoms. The zero-order valence-corrected chi connectivity index (χ0v) is 13.8. The van der Waals surface area contributed by atoms with Crippen LogP contribution in [0.4, 0.5) is 21.9 Å². The number of nitrogens with one attached hydrogen (secondary N) is 2. The Bertz CT molecular complexity index is 936. The van der Waals surface area contributed by atoms with E-state index in [-0.39, 0.29) is 6.03 Å². The number of para-hydroxylation sites is 1. The molecule has 4 rings (SSSR count). The van der Waals surface area contributed by atoms with Crippen LogP contribution in [0.3, 0.4) is 0 Å². The predicted octanol–water partition coefficient (Wildman–Crippen LogP) is 3.71. The van der Waals surface area contributed by atoms with Gasteiger partial charge in [0.2, 0.25) is 0 Å². The number of amides is 2. The molecule has 0 fully saturated rings. The number of hydrogen-bond acceptors (Lipinski definition) is 4. The van der Waals surface area contributed by atoms with Gasteiger partial charge in [0.15, 0.2) is 0 Å². The lowest BCUT2D eigenvalue weighted by Gasteiger charge is -2.27. The molecule has 0 spiro atoms. The van der Waals surface area contributed by atoms with Crippen molar-refractivity contribution in [2.75, 3.05) is 35.7 Å². The second-order valence-electron chi connectivity index (χ2n) is 5.91. The van der Waals surface area contributed by atoms with Crippen molar-refractivity contribution in [3.05, 3.63) is 54.7 Å². The van der Waals surface area contributed by atoms with Gasteiger partial charge in [-0.25, -0.2) is 4.79 Å². The summed E-state index contributed by atoms with van der Waals surface area (Å²) in [5.41, 5.74) is 3.27. The van der Waals surface area contributed by atoms with Gasteiger partial charge in [0, 0.05) is 30.4 Å². The van der Waals surface area contributed by atoms with Gasteiger partial charge in [-0.2, -0.15) is 0 Å². The van der Waals surface area contributed by atoms with Gasteiger partial charge in [-0.1, -0.05) is 18.2 Å². The zero-order chi connectivity index (χ0) is 17.2. The van der Waals surface area contributed by atoms with Gasteiger partial charge >= 0.3 is 6.03 Å². The fraction of sp³-hybridized carbons (Fsp3) is 0.158. The summed E-state index contributed by atoms with van der Waals surface area (Å²) in [6.45, 7) is 1.50. The fourth-order valence-electron chi connectivity index (χ4n) is 2.93. The predicted molar refractivity (Wildman–Crippen MR) is 99.6 cm³/mol. The first-order valence-corrected chi connectivity index (χ1v) is 8.10. The van der Waals surface area contributed by atoms with E-state index in [1.807, 2.05) is 49.5 Å². The summed E-state index contributed by atoms with van der Waals surface area (Å²) in [4.78, 5) is 18.8. The number of rotatable bonds is 2. The number of carbonyl (C=O) groups excluding carboxylic acids is 1. The highest BCUT2D eigenvalue weighted by Crippen LogP contribution is 2.33. The molecular weight excluding hydrogens is 316 g/mol. The fourth-order valence-corrected chi connectivity index (χ4v) is 2.93. The molecule has 0 saturated carbocycles. The maximum atomic E-state index is 12.4. The van der Waals surface area contributed by atoms with Crippen molar-refractivity contribution in [1.29, 1.82) is 0 Å². The third kappa shape index (κ3) is 3.06. The van der Waals surface area contributed by atoms with Gasteiger partial charge in [-0.3, -0.25) is 4.98 Å². The molecule has 0 aliphatic carbocycles. The molecule has 2 heterocycles. The number of aromatic nitrogens is 1. The van der Waals surface area contributed by atoms with Gasteiger partial charge in [0.1, 0.15) is 12.4 Å². The number of carbonyl (C=O) groups is 1. The van der Waals surface area contributed by atoms with E-state index >= 15 is 0 Å². The minimum absolute atomic E-state index is 0.305. The number of benzene rings is 2. The molecule has 0 saturated heterocycles. The summed E-state index contributed by atoms with van der Waals surface area (Å²) in [7, 11) is 2.02. The van der Waals surface area contributed by atoms with Crippen LogP contribution in [0.15, 0.2) is 54.7 Å². The smallest absolute Gasteiger partial charge is 0.323 e. The third-order valence-corrected chi connectivity index (χ3v) is 4.21. The van der Waals surface area contributed by atoms with E-state index in [1.165, 1.54) is 0 Å². The van der Waals surface area contributed by atoms with Crippen LogP contribution in [-0.4, -0.2) is 31.2 Å². The van der Waals surface area contributed by atoms with Crippen molar-refractivity contribution in [3.8, 4) is 5.75 Å². The van der Waals surface area contributed by atoms with Crippen LogP contribution in [0.25, 0.3) is 10.9 Å². The number of anilines is 3. The molecule has 1 aromatic heterocycles. The first kappa shape index (κ1) is 15.3. The highest BCUT2D eigenvalue weighted by Gasteiger charge is 2.15. The number of nitrogens with zero attached hydrogens (tertiary/aromatic N) is 2.